The normalized spacial score (nSPS) is 10.7. The van der Waals surface area contributed by atoms with Gasteiger partial charge in [0.05, 0.1) is 11.5 Å². The van der Waals surface area contributed by atoms with Gasteiger partial charge in [-0.2, -0.15) is 0 Å². The van der Waals surface area contributed by atoms with Crippen LogP contribution in [0.2, 0.25) is 0 Å². The van der Waals surface area contributed by atoms with Crippen molar-refractivity contribution in [2.45, 2.75) is 11.8 Å². The van der Waals surface area contributed by atoms with Crippen molar-refractivity contribution in [1.82, 2.24) is 10.9 Å². The monoisotopic (exact) mass is 439 g/mol. The molecule has 3 rings (SSSR count). The Balaban J connectivity index is 1.60. The summed E-state index contributed by atoms with van der Waals surface area (Å²) in [6.45, 7) is 2.33. The van der Waals surface area contributed by atoms with Gasteiger partial charge in [-0.15, -0.1) is 0 Å². The fourth-order valence-corrected chi connectivity index (χ4v) is 3.69. The number of carbonyl (C=O) groups is 2. The van der Waals surface area contributed by atoms with Crippen molar-refractivity contribution in [3.05, 3.63) is 90.0 Å². The molecule has 8 nitrogen and oxygen atoms in total. The molecule has 0 heterocycles. The summed E-state index contributed by atoms with van der Waals surface area (Å²) in [5.41, 5.74) is 5.58. The summed E-state index contributed by atoms with van der Waals surface area (Å²) in [5.74, 6) is -0.407. The minimum Gasteiger partial charge on any atom is -0.494 e. The van der Waals surface area contributed by atoms with Gasteiger partial charge in [0.25, 0.3) is 21.8 Å². The highest BCUT2D eigenvalue weighted by atomic mass is 32.2. The Bertz CT molecular complexity index is 1150. The zero-order valence-corrected chi connectivity index (χ0v) is 17.5. The van der Waals surface area contributed by atoms with E-state index in [-0.39, 0.29) is 10.5 Å². The lowest BCUT2D eigenvalue weighted by atomic mass is 10.2. The van der Waals surface area contributed by atoms with Crippen LogP contribution in [0.25, 0.3) is 0 Å². The maximum Gasteiger partial charge on any atom is 0.269 e. The fourth-order valence-electron chi connectivity index (χ4n) is 2.63. The molecule has 0 aliphatic heterocycles. The van der Waals surface area contributed by atoms with E-state index in [0.717, 1.165) is 0 Å². The van der Waals surface area contributed by atoms with Gasteiger partial charge in [-0.05, 0) is 67.6 Å². The zero-order valence-electron chi connectivity index (χ0n) is 16.7. The van der Waals surface area contributed by atoms with E-state index >= 15 is 0 Å². The number of anilines is 1. The number of hydrogen-bond donors (Lipinski definition) is 3. The van der Waals surface area contributed by atoms with E-state index in [0.29, 0.717) is 23.6 Å². The number of rotatable bonds is 7. The van der Waals surface area contributed by atoms with Crippen molar-refractivity contribution in [3.63, 3.8) is 0 Å². The molecule has 0 bridgehead atoms. The number of ether oxygens (including phenoxy) is 1. The van der Waals surface area contributed by atoms with Crippen molar-refractivity contribution < 1.29 is 22.7 Å². The van der Waals surface area contributed by atoms with E-state index in [2.05, 4.69) is 15.6 Å². The molecule has 160 valence electrons. The number of nitrogens with one attached hydrogen (secondary N) is 3. The summed E-state index contributed by atoms with van der Waals surface area (Å²) in [5, 5.41) is 0. The lowest BCUT2D eigenvalue weighted by molar-refractivity contribution is 0.0846. The molecule has 3 aromatic rings. The largest absolute Gasteiger partial charge is 0.494 e. The molecule has 3 aromatic carbocycles. The second-order valence-corrected chi connectivity index (χ2v) is 8.04. The molecule has 0 fully saturated rings. The van der Waals surface area contributed by atoms with Crippen LogP contribution in [0.5, 0.6) is 5.75 Å². The van der Waals surface area contributed by atoms with Gasteiger partial charge in [-0.25, -0.2) is 8.42 Å². The van der Waals surface area contributed by atoms with Crippen LogP contribution in [0.1, 0.15) is 27.6 Å². The first-order valence-corrected chi connectivity index (χ1v) is 10.9. The van der Waals surface area contributed by atoms with Crippen molar-refractivity contribution >= 4 is 27.5 Å². The van der Waals surface area contributed by atoms with Crippen molar-refractivity contribution in [1.29, 1.82) is 0 Å². The van der Waals surface area contributed by atoms with Crippen LogP contribution in [0.3, 0.4) is 0 Å². The van der Waals surface area contributed by atoms with Gasteiger partial charge in [0.2, 0.25) is 0 Å². The van der Waals surface area contributed by atoms with Crippen LogP contribution in [-0.2, 0) is 10.0 Å². The molecule has 2 amide bonds. The van der Waals surface area contributed by atoms with E-state index in [9.17, 15) is 18.0 Å². The fraction of sp³-hybridized carbons (Fsp3) is 0.0909. The van der Waals surface area contributed by atoms with Crippen molar-refractivity contribution in [2.75, 3.05) is 11.3 Å². The maximum absolute atomic E-state index is 12.5. The molecule has 0 aliphatic rings. The van der Waals surface area contributed by atoms with Crippen LogP contribution in [-0.4, -0.2) is 26.8 Å². The van der Waals surface area contributed by atoms with E-state index < -0.39 is 21.8 Å². The average molecular weight is 439 g/mol. The molecule has 0 atom stereocenters. The molecule has 0 spiro atoms. The lowest BCUT2D eigenvalue weighted by Gasteiger charge is -2.10. The summed E-state index contributed by atoms with van der Waals surface area (Å²) < 4.78 is 32.8. The predicted molar refractivity (Wildman–Crippen MR) is 116 cm³/mol. The van der Waals surface area contributed by atoms with Crippen LogP contribution in [0.4, 0.5) is 5.69 Å². The Labute approximate surface area is 180 Å². The van der Waals surface area contributed by atoms with Gasteiger partial charge in [0.15, 0.2) is 0 Å². The summed E-state index contributed by atoms with van der Waals surface area (Å²) in [6, 6.07) is 20.3. The van der Waals surface area contributed by atoms with Crippen LogP contribution >= 0.6 is 0 Å². The molecule has 0 aromatic heterocycles. The Morgan fingerprint density at radius 1 is 0.774 bits per heavy atom. The highest BCUT2D eigenvalue weighted by Crippen LogP contribution is 2.19. The number of amides is 2. The first kappa shape index (κ1) is 21.8. The summed E-state index contributed by atoms with van der Waals surface area (Å²) in [4.78, 5) is 24.3. The van der Waals surface area contributed by atoms with E-state index in [4.69, 9.17) is 4.74 Å². The number of benzene rings is 3. The molecular weight excluding hydrogens is 418 g/mol. The van der Waals surface area contributed by atoms with Gasteiger partial charge < -0.3 is 4.74 Å². The Morgan fingerprint density at radius 3 is 1.87 bits per heavy atom. The molecule has 31 heavy (non-hydrogen) atoms. The van der Waals surface area contributed by atoms with E-state index in [1.807, 2.05) is 6.92 Å². The average Bonchev–Trinajstić information content (AvgIpc) is 2.78. The topological polar surface area (TPSA) is 114 Å². The SMILES string of the molecule is CCOc1ccc(S(=O)(=O)Nc2ccc(C(=O)NNC(=O)c3ccccc3)cc2)cc1. The third kappa shape index (κ3) is 5.83. The Kier molecular flexibility index (Phi) is 6.88. The van der Waals surface area contributed by atoms with Gasteiger partial charge in [0.1, 0.15) is 5.75 Å². The van der Waals surface area contributed by atoms with E-state index in [1.165, 1.54) is 36.4 Å². The van der Waals surface area contributed by atoms with Crippen molar-refractivity contribution in [2.24, 2.45) is 0 Å². The summed E-state index contributed by atoms with van der Waals surface area (Å²) >= 11 is 0. The second-order valence-electron chi connectivity index (χ2n) is 6.36. The highest BCUT2D eigenvalue weighted by Gasteiger charge is 2.15. The third-order valence-electron chi connectivity index (χ3n) is 4.17. The second kappa shape index (κ2) is 9.77. The molecule has 0 saturated heterocycles. The molecule has 0 unspecified atom stereocenters. The zero-order chi connectivity index (χ0) is 22.3. The van der Waals surface area contributed by atoms with Gasteiger partial charge in [0, 0.05) is 16.8 Å². The molecular formula is C22H21N3O5S. The van der Waals surface area contributed by atoms with Gasteiger partial charge >= 0.3 is 0 Å². The predicted octanol–water partition coefficient (Wildman–Crippen LogP) is 2.96. The third-order valence-corrected chi connectivity index (χ3v) is 5.57. The number of carbonyl (C=O) groups excluding carboxylic acids is 2. The Morgan fingerprint density at radius 2 is 1.32 bits per heavy atom. The molecule has 9 heteroatoms. The lowest BCUT2D eigenvalue weighted by Crippen LogP contribution is -2.41. The van der Waals surface area contributed by atoms with Gasteiger partial charge in [-0.3, -0.25) is 25.2 Å². The minimum atomic E-state index is -3.79. The number of hydrazine groups is 1. The highest BCUT2D eigenvalue weighted by molar-refractivity contribution is 7.92. The quantitative estimate of drug-likeness (QED) is 0.490. The van der Waals surface area contributed by atoms with Crippen LogP contribution in [0, 0.1) is 0 Å². The summed E-state index contributed by atoms with van der Waals surface area (Å²) in [6.07, 6.45) is 0. The molecule has 3 N–H and O–H groups in total. The van der Waals surface area contributed by atoms with Crippen molar-refractivity contribution in [3.8, 4) is 5.75 Å². The van der Waals surface area contributed by atoms with E-state index in [1.54, 1.807) is 42.5 Å². The molecule has 0 radical (unpaired) electrons. The number of hydrogen-bond acceptors (Lipinski definition) is 5. The standard InChI is InChI=1S/C22H21N3O5S/c1-2-30-19-12-14-20(15-13-19)31(28,29)25-18-10-8-17(9-11-18)22(27)24-23-21(26)16-6-4-3-5-7-16/h3-15,25H,2H2,1H3,(H,23,26)(H,24,27). The number of sulfonamides is 1. The smallest absolute Gasteiger partial charge is 0.269 e. The van der Waals surface area contributed by atoms with Crippen LogP contribution in [0.15, 0.2) is 83.8 Å². The van der Waals surface area contributed by atoms with Crippen LogP contribution < -0.4 is 20.3 Å². The minimum absolute atomic E-state index is 0.0846. The molecule has 0 aliphatic carbocycles. The molecule has 0 saturated carbocycles. The Hall–Kier alpha value is -3.85. The van der Waals surface area contributed by atoms with Gasteiger partial charge in [-0.1, -0.05) is 18.2 Å². The maximum atomic E-state index is 12.5. The summed E-state index contributed by atoms with van der Waals surface area (Å²) in [7, 11) is -3.79. The first-order chi connectivity index (χ1) is 14.9. The first-order valence-electron chi connectivity index (χ1n) is 9.40.